The Labute approximate surface area is 219 Å². The van der Waals surface area contributed by atoms with Gasteiger partial charge in [-0.15, -0.1) is 0 Å². The van der Waals surface area contributed by atoms with Crippen LogP contribution in [0.2, 0.25) is 10.0 Å². The Morgan fingerprint density at radius 1 is 0.971 bits per heavy atom. The predicted molar refractivity (Wildman–Crippen MR) is 143 cm³/mol. The summed E-state index contributed by atoms with van der Waals surface area (Å²) in [6.07, 6.45) is 0.589. The van der Waals surface area contributed by atoms with Crippen molar-refractivity contribution in [2.45, 2.75) is 18.9 Å². The standard InChI is InChI=1S/C26H23Cl2N3O3S/c1-34-22-12-10-21(11-13-22)31-25(33)23(16-24(32)29-20-8-6-19(28)7-9-20)30(26(31)35)15-14-17-2-4-18(27)5-3-17/h2-13,23H,14-16H2,1H3,(H,29,32). The largest absolute Gasteiger partial charge is 0.497 e. The van der Waals surface area contributed by atoms with Crippen LogP contribution < -0.4 is 15.0 Å². The quantitative estimate of drug-likeness (QED) is 0.387. The van der Waals surface area contributed by atoms with E-state index in [1.54, 1.807) is 55.6 Å². The van der Waals surface area contributed by atoms with Crippen molar-refractivity contribution < 1.29 is 14.3 Å². The van der Waals surface area contributed by atoms with Crippen molar-refractivity contribution in [3.8, 4) is 5.75 Å². The fraction of sp³-hybridized carbons (Fsp3) is 0.192. The molecule has 180 valence electrons. The van der Waals surface area contributed by atoms with Crippen molar-refractivity contribution in [3.63, 3.8) is 0 Å². The van der Waals surface area contributed by atoms with Crippen LogP contribution >= 0.6 is 35.4 Å². The van der Waals surface area contributed by atoms with Crippen LogP contribution in [-0.4, -0.2) is 41.5 Å². The molecular weight excluding hydrogens is 505 g/mol. The topological polar surface area (TPSA) is 61.9 Å². The number of benzene rings is 3. The molecule has 0 aromatic heterocycles. The lowest BCUT2D eigenvalue weighted by atomic mass is 10.1. The van der Waals surface area contributed by atoms with E-state index in [9.17, 15) is 9.59 Å². The summed E-state index contributed by atoms with van der Waals surface area (Å²) in [7, 11) is 1.58. The monoisotopic (exact) mass is 527 g/mol. The molecule has 1 aliphatic heterocycles. The van der Waals surface area contributed by atoms with Crippen LogP contribution in [0.4, 0.5) is 11.4 Å². The highest BCUT2D eigenvalue weighted by Gasteiger charge is 2.43. The van der Waals surface area contributed by atoms with Gasteiger partial charge in [-0.25, -0.2) is 0 Å². The number of nitrogens with one attached hydrogen (secondary N) is 1. The van der Waals surface area contributed by atoms with E-state index in [1.807, 2.05) is 29.2 Å². The van der Waals surface area contributed by atoms with Gasteiger partial charge in [0.1, 0.15) is 11.8 Å². The SMILES string of the molecule is COc1ccc(N2C(=O)C(CC(=O)Nc3ccc(Cl)cc3)N(CCc3ccc(Cl)cc3)C2=S)cc1. The van der Waals surface area contributed by atoms with Gasteiger partial charge >= 0.3 is 0 Å². The number of carbonyl (C=O) groups is 2. The molecule has 3 aromatic rings. The van der Waals surface area contributed by atoms with Gasteiger partial charge in [-0.2, -0.15) is 0 Å². The molecule has 0 saturated carbocycles. The van der Waals surface area contributed by atoms with Crippen LogP contribution in [0.15, 0.2) is 72.8 Å². The van der Waals surface area contributed by atoms with Gasteiger partial charge in [0.2, 0.25) is 5.91 Å². The molecule has 1 aliphatic rings. The molecule has 0 aliphatic carbocycles. The Balaban J connectivity index is 1.55. The average Bonchev–Trinajstić information content (AvgIpc) is 3.08. The fourth-order valence-electron chi connectivity index (χ4n) is 3.88. The predicted octanol–water partition coefficient (Wildman–Crippen LogP) is 5.58. The van der Waals surface area contributed by atoms with E-state index < -0.39 is 6.04 Å². The molecule has 1 fully saturated rings. The Morgan fingerprint density at radius 2 is 1.57 bits per heavy atom. The molecule has 6 nitrogen and oxygen atoms in total. The zero-order chi connectivity index (χ0) is 24.9. The second-order valence-corrected chi connectivity index (χ2v) is 9.24. The number of hydrogen-bond donors (Lipinski definition) is 1. The van der Waals surface area contributed by atoms with E-state index >= 15 is 0 Å². The zero-order valence-corrected chi connectivity index (χ0v) is 21.2. The molecule has 2 amide bonds. The molecule has 1 heterocycles. The molecule has 1 N–H and O–H groups in total. The van der Waals surface area contributed by atoms with Crippen LogP contribution in [0.25, 0.3) is 0 Å². The van der Waals surface area contributed by atoms with Crippen molar-refractivity contribution in [1.29, 1.82) is 0 Å². The summed E-state index contributed by atoms with van der Waals surface area (Å²) >= 11 is 17.7. The van der Waals surface area contributed by atoms with Gasteiger partial charge in [0.15, 0.2) is 5.11 Å². The van der Waals surface area contributed by atoms with Crippen molar-refractivity contribution in [2.75, 3.05) is 23.9 Å². The smallest absolute Gasteiger partial charge is 0.256 e. The molecule has 9 heteroatoms. The molecule has 35 heavy (non-hydrogen) atoms. The minimum atomic E-state index is -0.732. The lowest BCUT2D eigenvalue weighted by Gasteiger charge is -2.24. The summed E-state index contributed by atoms with van der Waals surface area (Å²) in [4.78, 5) is 29.7. The normalized spacial score (nSPS) is 15.5. The first kappa shape index (κ1) is 25.0. The van der Waals surface area contributed by atoms with Crippen LogP contribution in [0, 0.1) is 0 Å². The van der Waals surface area contributed by atoms with Crippen LogP contribution in [-0.2, 0) is 16.0 Å². The highest BCUT2D eigenvalue weighted by molar-refractivity contribution is 7.80. The molecular formula is C26H23Cl2N3O3S. The fourth-order valence-corrected chi connectivity index (χ4v) is 4.54. The Hall–Kier alpha value is -3.13. The van der Waals surface area contributed by atoms with Crippen molar-refractivity contribution in [3.05, 3.63) is 88.4 Å². The van der Waals surface area contributed by atoms with Gasteiger partial charge in [0.05, 0.1) is 19.2 Å². The number of nitrogens with zero attached hydrogens (tertiary/aromatic N) is 2. The van der Waals surface area contributed by atoms with E-state index in [1.165, 1.54) is 4.90 Å². The van der Waals surface area contributed by atoms with Crippen molar-refractivity contribution in [1.82, 2.24) is 4.90 Å². The first-order valence-electron chi connectivity index (χ1n) is 10.9. The molecule has 4 rings (SSSR count). The Morgan fingerprint density at radius 3 is 2.17 bits per heavy atom. The number of amides is 2. The van der Waals surface area contributed by atoms with Crippen molar-refractivity contribution >= 4 is 63.7 Å². The number of ether oxygens (including phenoxy) is 1. The number of anilines is 2. The molecule has 0 bridgehead atoms. The summed E-state index contributed by atoms with van der Waals surface area (Å²) in [5.41, 5.74) is 2.28. The summed E-state index contributed by atoms with van der Waals surface area (Å²) < 4.78 is 5.22. The number of methoxy groups -OCH3 is 1. The highest BCUT2D eigenvalue weighted by atomic mass is 35.5. The highest BCUT2D eigenvalue weighted by Crippen LogP contribution is 2.29. The van der Waals surface area contributed by atoms with Gasteiger partial charge in [-0.1, -0.05) is 35.3 Å². The minimum absolute atomic E-state index is 0.0468. The average molecular weight is 528 g/mol. The first-order valence-corrected chi connectivity index (χ1v) is 12.1. The third kappa shape index (κ3) is 5.93. The third-order valence-electron chi connectivity index (χ3n) is 5.71. The van der Waals surface area contributed by atoms with E-state index in [0.717, 1.165) is 5.56 Å². The maximum atomic E-state index is 13.5. The van der Waals surface area contributed by atoms with Gasteiger partial charge < -0.3 is 15.0 Å². The maximum Gasteiger partial charge on any atom is 0.256 e. The first-order chi connectivity index (χ1) is 16.9. The second-order valence-electron chi connectivity index (χ2n) is 8.00. The van der Waals surface area contributed by atoms with Gasteiger partial charge in [-0.3, -0.25) is 14.5 Å². The third-order valence-corrected chi connectivity index (χ3v) is 6.63. The van der Waals surface area contributed by atoms with Crippen LogP contribution in [0.3, 0.4) is 0 Å². The number of carbonyl (C=O) groups excluding carboxylic acids is 2. The number of thiocarbonyl (C=S) groups is 1. The summed E-state index contributed by atoms with van der Waals surface area (Å²) in [5.74, 6) is 0.133. The maximum absolute atomic E-state index is 13.5. The molecule has 1 saturated heterocycles. The van der Waals surface area contributed by atoms with Crippen LogP contribution in [0.5, 0.6) is 5.75 Å². The van der Waals surface area contributed by atoms with E-state index in [2.05, 4.69) is 5.32 Å². The van der Waals surface area contributed by atoms with E-state index in [4.69, 9.17) is 40.2 Å². The van der Waals surface area contributed by atoms with Gasteiger partial charge in [-0.05, 0) is 84.9 Å². The number of hydrogen-bond acceptors (Lipinski definition) is 4. The summed E-state index contributed by atoms with van der Waals surface area (Å²) in [6, 6.07) is 20.7. The lowest BCUT2D eigenvalue weighted by molar-refractivity contribution is -0.124. The summed E-state index contributed by atoms with van der Waals surface area (Å²) in [6.45, 7) is 0.470. The van der Waals surface area contributed by atoms with E-state index in [-0.39, 0.29) is 18.2 Å². The zero-order valence-electron chi connectivity index (χ0n) is 18.9. The van der Waals surface area contributed by atoms with Gasteiger partial charge in [0, 0.05) is 22.3 Å². The molecule has 3 aromatic carbocycles. The number of rotatable bonds is 8. The van der Waals surface area contributed by atoms with Gasteiger partial charge in [0.25, 0.3) is 5.91 Å². The Kier molecular flexibility index (Phi) is 7.90. The Bertz CT molecular complexity index is 1220. The van der Waals surface area contributed by atoms with E-state index in [0.29, 0.717) is 45.2 Å². The molecule has 0 spiro atoms. The molecule has 1 unspecified atom stereocenters. The second kappa shape index (κ2) is 11.1. The van der Waals surface area contributed by atoms with Crippen molar-refractivity contribution in [2.24, 2.45) is 0 Å². The summed E-state index contributed by atoms with van der Waals surface area (Å²) in [5, 5.41) is 4.42. The molecule has 0 radical (unpaired) electrons. The molecule has 1 atom stereocenters. The van der Waals surface area contributed by atoms with Crippen LogP contribution in [0.1, 0.15) is 12.0 Å². The number of halogens is 2. The lowest BCUT2D eigenvalue weighted by Crippen LogP contribution is -2.39. The minimum Gasteiger partial charge on any atom is -0.497 e.